The number of rotatable bonds is 6. The Morgan fingerprint density at radius 2 is 1.09 bits per heavy atom. The van der Waals surface area contributed by atoms with E-state index in [0.717, 1.165) is 35.9 Å². The zero-order valence-corrected chi connectivity index (χ0v) is 24.5. The van der Waals surface area contributed by atoms with Crippen molar-refractivity contribution in [2.45, 2.75) is 19.4 Å². The van der Waals surface area contributed by atoms with Crippen LogP contribution in [0.25, 0.3) is 6.08 Å². The first kappa shape index (κ1) is 34.0. The van der Waals surface area contributed by atoms with E-state index in [1.165, 1.54) is 11.1 Å². The minimum atomic E-state index is 0.121. The lowest BCUT2D eigenvalue weighted by atomic mass is 10.2. The standard InChI is InChI=1S/3C8H8O.C8H8.C7H6O/c1-2-4-7(5-3-1)8-6-9-8;1-7(9)8-5-3-2-4-6-8;9-7-6-8-4-2-1-3-5-8;1-2-8-6-4-3-5-7-8;8-6-7-4-2-1-3-5-7/h1-5,8H,6H2;2-6H,1H3;1-5,7H,6H2;2-7H,1H2;1-6H. The number of hydrogen-bond donors (Lipinski definition) is 0. The first-order valence-electron chi connectivity index (χ1n) is 13.9. The van der Waals surface area contributed by atoms with Gasteiger partial charge in [0.05, 0.1) is 6.61 Å². The van der Waals surface area contributed by atoms with Gasteiger partial charge in [0, 0.05) is 17.5 Å². The molecular weight excluding hydrogens is 532 g/mol. The van der Waals surface area contributed by atoms with Crippen LogP contribution in [0.4, 0.5) is 0 Å². The number of epoxide rings is 1. The largest absolute Gasteiger partial charge is 0.368 e. The minimum Gasteiger partial charge on any atom is -0.368 e. The lowest BCUT2D eigenvalue weighted by molar-refractivity contribution is -0.107. The summed E-state index contributed by atoms with van der Waals surface area (Å²) in [5.41, 5.74) is 5.06. The van der Waals surface area contributed by atoms with Gasteiger partial charge in [0.15, 0.2) is 5.78 Å². The normalized spacial score (nSPS) is 11.9. The molecule has 1 heterocycles. The van der Waals surface area contributed by atoms with Gasteiger partial charge in [-0.3, -0.25) is 9.59 Å². The molecule has 1 atom stereocenters. The van der Waals surface area contributed by atoms with Crippen LogP contribution in [0, 0.1) is 0 Å². The maximum absolute atomic E-state index is 10.6. The molecule has 0 saturated carbocycles. The van der Waals surface area contributed by atoms with E-state index in [1.807, 2.05) is 133 Å². The summed E-state index contributed by atoms with van der Waals surface area (Å²) in [4.78, 5) is 30.6. The van der Waals surface area contributed by atoms with Crippen molar-refractivity contribution in [1.82, 2.24) is 0 Å². The summed E-state index contributed by atoms with van der Waals surface area (Å²) in [7, 11) is 0. The monoisotopic (exact) mass is 570 g/mol. The molecule has 218 valence electrons. The first-order valence-corrected chi connectivity index (χ1v) is 13.9. The molecule has 1 fully saturated rings. The molecule has 0 amide bonds. The SMILES string of the molecule is C=Cc1ccccc1.CC(=O)c1ccccc1.O=CCc1ccccc1.O=Cc1ccccc1.c1ccc(C2CO2)cc1. The van der Waals surface area contributed by atoms with Gasteiger partial charge >= 0.3 is 0 Å². The Labute approximate surface area is 255 Å². The van der Waals surface area contributed by atoms with Crippen LogP contribution < -0.4 is 0 Å². The number of carbonyl (C=O) groups excluding carboxylic acids is 3. The third kappa shape index (κ3) is 16.0. The van der Waals surface area contributed by atoms with Gasteiger partial charge in [-0.25, -0.2) is 0 Å². The molecule has 0 spiro atoms. The fraction of sp³-hybridized carbons (Fsp3) is 0.103. The topological polar surface area (TPSA) is 63.7 Å². The zero-order chi connectivity index (χ0) is 31.0. The Kier molecular flexibility index (Phi) is 17.0. The highest BCUT2D eigenvalue weighted by Gasteiger charge is 2.23. The van der Waals surface area contributed by atoms with E-state index in [4.69, 9.17) is 4.74 Å². The van der Waals surface area contributed by atoms with Crippen LogP contribution in [-0.2, 0) is 16.0 Å². The van der Waals surface area contributed by atoms with Crippen LogP contribution in [0.5, 0.6) is 0 Å². The summed E-state index contributed by atoms with van der Waals surface area (Å²) >= 11 is 0. The molecule has 6 rings (SSSR count). The van der Waals surface area contributed by atoms with Gasteiger partial charge in [-0.2, -0.15) is 0 Å². The molecule has 1 unspecified atom stereocenters. The van der Waals surface area contributed by atoms with Crippen molar-refractivity contribution in [2.24, 2.45) is 0 Å². The Morgan fingerprint density at radius 3 is 1.42 bits per heavy atom. The van der Waals surface area contributed by atoms with Gasteiger partial charge in [0.1, 0.15) is 18.7 Å². The molecule has 0 aromatic heterocycles. The molecule has 0 N–H and O–H groups in total. The Morgan fingerprint density at radius 1 is 0.674 bits per heavy atom. The first-order chi connectivity index (χ1) is 21.1. The number of Topliss-reactive ketones (excluding diaryl/α,β-unsaturated/α-hetero) is 1. The second-order valence-corrected chi connectivity index (χ2v) is 9.15. The van der Waals surface area contributed by atoms with Gasteiger partial charge in [-0.1, -0.05) is 164 Å². The minimum absolute atomic E-state index is 0.121. The smallest absolute Gasteiger partial charge is 0.159 e. The highest BCUT2D eigenvalue weighted by atomic mass is 16.6. The van der Waals surface area contributed by atoms with Crippen LogP contribution >= 0.6 is 0 Å². The molecule has 1 aliphatic rings. The molecule has 5 aromatic rings. The lowest BCUT2D eigenvalue weighted by Gasteiger charge is -1.89. The molecule has 0 aliphatic carbocycles. The molecule has 0 bridgehead atoms. The van der Waals surface area contributed by atoms with Crippen LogP contribution in [0.15, 0.2) is 158 Å². The third-order valence-corrected chi connectivity index (χ3v) is 5.82. The Balaban J connectivity index is 0.000000188. The Bertz CT molecular complexity index is 1390. The summed E-state index contributed by atoms with van der Waals surface area (Å²) in [5, 5.41) is 0. The quantitative estimate of drug-likeness (QED) is 0.116. The fourth-order valence-electron chi connectivity index (χ4n) is 3.41. The molecular formula is C39H38O4. The predicted molar refractivity (Wildman–Crippen MR) is 176 cm³/mol. The van der Waals surface area contributed by atoms with Crippen LogP contribution in [0.2, 0.25) is 0 Å². The number of ketones is 1. The average molecular weight is 571 g/mol. The summed E-state index contributed by atoms with van der Waals surface area (Å²) in [6.07, 6.45) is 4.52. The summed E-state index contributed by atoms with van der Waals surface area (Å²) in [6, 6.07) is 48.3. The lowest BCUT2D eigenvalue weighted by Crippen LogP contribution is -1.88. The van der Waals surface area contributed by atoms with Crippen molar-refractivity contribution in [3.8, 4) is 0 Å². The summed E-state index contributed by atoms with van der Waals surface area (Å²) < 4.78 is 5.09. The van der Waals surface area contributed by atoms with Crippen molar-refractivity contribution in [3.63, 3.8) is 0 Å². The molecule has 1 aliphatic heterocycles. The van der Waals surface area contributed by atoms with Crippen molar-refractivity contribution in [1.29, 1.82) is 0 Å². The number of hydrogen-bond acceptors (Lipinski definition) is 4. The second-order valence-electron chi connectivity index (χ2n) is 9.15. The maximum Gasteiger partial charge on any atom is 0.159 e. The van der Waals surface area contributed by atoms with Crippen LogP contribution in [-0.4, -0.2) is 25.0 Å². The predicted octanol–water partition coefficient (Wildman–Crippen LogP) is 8.90. The van der Waals surface area contributed by atoms with Crippen LogP contribution in [0.3, 0.4) is 0 Å². The van der Waals surface area contributed by atoms with Crippen molar-refractivity contribution >= 4 is 24.4 Å². The van der Waals surface area contributed by atoms with Gasteiger partial charge in [0.25, 0.3) is 0 Å². The van der Waals surface area contributed by atoms with Crippen molar-refractivity contribution in [2.75, 3.05) is 6.61 Å². The van der Waals surface area contributed by atoms with Gasteiger partial charge < -0.3 is 9.53 Å². The molecule has 4 nitrogen and oxygen atoms in total. The maximum atomic E-state index is 10.6. The van der Waals surface area contributed by atoms with Crippen LogP contribution in [0.1, 0.15) is 50.4 Å². The van der Waals surface area contributed by atoms with Gasteiger partial charge in [-0.15, -0.1) is 0 Å². The molecule has 5 aromatic carbocycles. The van der Waals surface area contributed by atoms with Gasteiger partial charge in [0.2, 0.25) is 0 Å². The van der Waals surface area contributed by atoms with E-state index < -0.39 is 0 Å². The number of ether oxygens (including phenoxy) is 1. The highest BCUT2D eigenvalue weighted by Crippen LogP contribution is 2.28. The molecule has 1 saturated heterocycles. The van der Waals surface area contributed by atoms with Crippen molar-refractivity contribution < 1.29 is 19.1 Å². The third-order valence-electron chi connectivity index (χ3n) is 5.82. The summed E-state index contributed by atoms with van der Waals surface area (Å²) in [5.74, 6) is 0.121. The van der Waals surface area contributed by atoms with E-state index >= 15 is 0 Å². The zero-order valence-electron chi connectivity index (χ0n) is 24.5. The average Bonchev–Trinajstić information content (AvgIpc) is 3.94. The van der Waals surface area contributed by atoms with Crippen molar-refractivity contribution in [3.05, 3.63) is 186 Å². The van der Waals surface area contributed by atoms with E-state index in [2.05, 4.69) is 18.7 Å². The van der Waals surface area contributed by atoms with E-state index in [-0.39, 0.29) is 5.78 Å². The van der Waals surface area contributed by atoms with E-state index in [9.17, 15) is 14.4 Å². The molecule has 43 heavy (non-hydrogen) atoms. The molecule has 4 heteroatoms. The fourth-order valence-corrected chi connectivity index (χ4v) is 3.41. The van der Waals surface area contributed by atoms with Gasteiger partial charge in [-0.05, 0) is 23.6 Å². The number of carbonyl (C=O) groups is 3. The second kappa shape index (κ2) is 21.5. The highest BCUT2D eigenvalue weighted by molar-refractivity contribution is 5.93. The summed E-state index contributed by atoms with van der Waals surface area (Å²) in [6.45, 7) is 6.10. The van der Waals surface area contributed by atoms with E-state index in [0.29, 0.717) is 12.5 Å². The number of benzene rings is 5. The Hall–Kier alpha value is -5.19. The number of aldehydes is 2. The molecule has 0 radical (unpaired) electrons. The van der Waals surface area contributed by atoms with E-state index in [1.54, 1.807) is 19.1 Å².